The number of hydrogen-bond donors (Lipinski definition) is 3. The largest absolute Gasteiger partial charge is 0.496 e. The number of Topliss-reactive ketones (excluding diaryl/α,β-unsaturated/α-hetero) is 1. The summed E-state index contributed by atoms with van der Waals surface area (Å²) in [5.74, 6) is -1.51. The fourth-order valence-corrected chi connectivity index (χ4v) is 10.6. The Bertz CT molecular complexity index is 2580. The first-order valence-electron chi connectivity index (χ1n) is 22.6. The first-order valence-corrected chi connectivity index (χ1v) is 24.9. The zero-order chi connectivity index (χ0) is 47.6. The Morgan fingerprint density at radius 3 is 2.52 bits per heavy atom. The highest BCUT2D eigenvalue weighted by atomic mass is 32.2. The fourth-order valence-electron chi connectivity index (χ4n) is 9.01. The number of halogens is 3. The van der Waals surface area contributed by atoms with Gasteiger partial charge < -0.3 is 20.1 Å². The Morgan fingerprint density at radius 2 is 1.80 bits per heavy atom. The molecule has 3 N–H and O–H groups in total. The van der Waals surface area contributed by atoms with E-state index in [9.17, 15) is 36.0 Å². The van der Waals surface area contributed by atoms with E-state index in [4.69, 9.17) is 19.4 Å². The van der Waals surface area contributed by atoms with E-state index in [2.05, 4.69) is 29.2 Å². The molecule has 2 unspecified atom stereocenters. The highest BCUT2D eigenvalue weighted by Crippen LogP contribution is 2.46. The number of methoxy groups -OCH3 is 1. The molecule has 4 aromatic rings. The zero-order valence-corrected chi connectivity index (χ0v) is 39.8. The molecule has 2 aliphatic carbocycles. The van der Waals surface area contributed by atoms with Gasteiger partial charge in [-0.15, -0.1) is 11.3 Å². The Balaban J connectivity index is 1.25. The predicted octanol–water partition coefficient (Wildman–Crippen LogP) is 9.13. The number of hydrogen-bond acceptors (Lipinski definition) is 11. The molecule has 356 valence electrons. The Labute approximate surface area is 388 Å². The molecule has 2 fully saturated rings. The van der Waals surface area contributed by atoms with Crippen molar-refractivity contribution in [3.63, 3.8) is 0 Å². The number of allylic oxidation sites excluding steroid dienone is 1. The molecule has 2 amide bonds. The molecule has 3 heterocycles. The lowest BCUT2D eigenvalue weighted by atomic mass is 9.89. The first-order chi connectivity index (χ1) is 31.3. The summed E-state index contributed by atoms with van der Waals surface area (Å²) in [5, 5.41) is 9.55. The van der Waals surface area contributed by atoms with Crippen LogP contribution in [0.2, 0.25) is 0 Å². The lowest BCUT2D eigenvalue weighted by molar-refractivity contribution is -0.137. The van der Waals surface area contributed by atoms with Crippen molar-refractivity contribution in [2.45, 2.75) is 121 Å². The highest BCUT2D eigenvalue weighted by molar-refractivity contribution is 7.87. The number of aryl methyl sites for hydroxylation is 1. The van der Waals surface area contributed by atoms with Crippen molar-refractivity contribution in [1.29, 1.82) is 0 Å². The predicted molar refractivity (Wildman–Crippen MR) is 249 cm³/mol. The van der Waals surface area contributed by atoms with Crippen LogP contribution in [0, 0.1) is 24.7 Å². The maximum atomic E-state index is 14.6. The minimum absolute atomic E-state index is 0.0835. The number of aromatic nitrogens is 2. The van der Waals surface area contributed by atoms with E-state index in [0.717, 1.165) is 40.5 Å². The molecule has 66 heavy (non-hydrogen) atoms. The van der Waals surface area contributed by atoms with Crippen LogP contribution in [-0.4, -0.2) is 79.2 Å². The third-order valence-corrected chi connectivity index (χ3v) is 15.3. The molecule has 1 aliphatic heterocycles. The third-order valence-electron chi connectivity index (χ3n) is 13.0. The molecule has 3 aliphatic rings. The van der Waals surface area contributed by atoms with E-state index >= 15 is 0 Å². The van der Waals surface area contributed by atoms with Crippen molar-refractivity contribution in [3.05, 3.63) is 76.8 Å². The van der Waals surface area contributed by atoms with Gasteiger partial charge in [-0.3, -0.25) is 14.4 Å². The van der Waals surface area contributed by atoms with Gasteiger partial charge in [0.05, 0.1) is 36.0 Å². The smallest absolute Gasteiger partial charge is 0.416 e. The van der Waals surface area contributed by atoms with E-state index in [1.807, 2.05) is 42.7 Å². The fraction of sp³-hybridized carbons (Fsp3) is 0.521. The molecular weight excluding hydrogens is 894 g/mol. The van der Waals surface area contributed by atoms with Crippen LogP contribution in [0.3, 0.4) is 0 Å². The molecule has 0 radical (unpaired) electrons. The van der Waals surface area contributed by atoms with Gasteiger partial charge in [-0.1, -0.05) is 44.9 Å². The molecule has 2 bridgehead atoms. The van der Waals surface area contributed by atoms with Gasteiger partial charge in [0, 0.05) is 60.4 Å². The second-order valence-electron chi connectivity index (χ2n) is 18.4. The topological polar surface area (TPSA) is 169 Å². The van der Waals surface area contributed by atoms with Gasteiger partial charge in [-0.05, 0) is 100 Å². The van der Waals surface area contributed by atoms with Gasteiger partial charge in [0.1, 0.15) is 27.7 Å². The summed E-state index contributed by atoms with van der Waals surface area (Å²) in [4.78, 5) is 52.8. The van der Waals surface area contributed by atoms with Crippen LogP contribution in [0.25, 0.3) is 21.6 Å². The standard InChI is InChI=1S/C48H59F3N6O7S2/c1-28(2)39-27-65-45(54-39)38-25-42(36-19-20-41(63-6)29(3)43(36)53-38)64-35-21-30-17-18-31(23-35)44(59)55-47(46(60)56-66(61,62)57(4)5)26-33(47)13-10-8-7-9-11-16-37(40(58)22-30)52-34-15-12-14-32(24-34)48(49,50)51/h10,12-15,19-20,24-25,27-28,30-31,33,35,37,52H,7-9,11,16-18,21-23,26H2,1-6H3,(H,55,59)(H,56,60)/b13-10-/t30?,31-,33?,35-,37-,47+/m0/s1. The summed E-state index contributed by atoms with van der Waals surface area (Å²) in [5.41, 5.74) is 0.857. The average Bonchev–Trinajstić information content (AvgIpc) is 3.79. The Hall–Kier alpha value is -5.07. The maximum absolute atomic E-state index is 14.6. The lowest BCUT2D eigenvalue weighted by Crippen LogP contribution is -2.54. The van der Waals surface area contributed by atoms with Crippen molar-refractivity contribution in [2.75, 3.05) is 26.5 Å². The van der Waals surface area contributed by atoms with Gasteiger partial charge >= 0.3 is 16.4 Å². The van der Waals surface area contributed by atoms with E-state index in [-0.39, 0.29) is 42.6 Å². The van der Waals surface area contributed by atoms with Crippen LogP contribution < -0.4 is 24.8 Å². The number of thiazole rings is 1. The Kier molecular flexibility index (Phi) is 14.8. The molecule has 0 saturated heterocycles. The van der Waals surface area contributed by atoms with Crippen LogP contribution in [-0.2, 0) is 30.8 Å². The highest BCUT2D eigenvalue weighted by Gasteiger charge is 2.61. The molecule has 18 heteroatoms. The summed E-state index contributed by atoms with van der Waals surface area (Å²) >= 11 is 1.47. The van der Waals surface area contributed by atoms with Gasteiger partial charge in [0.25, 0.3) is 5.91 Å². The normalized spacial score (nSPS) is 25.0. The number of pyridine rings is 1. The summed E-state index contributed by atoms with van der Waals surface area (Å²) in [6, 6.07) is 9.68. The number of nitrogens with zero attached hydrogens (tertiary/aromatic N) is 3. The van der Waals surface area contributed by atoms with E-state index < -0.39 is 63.3 Å². The summed E-state index contributed by atoms with van der Waals surface area (Å²) in [6.45, 7) is 6.05. The van der Waals surface area contributed by atoms with Crippen LogP contribution >= 0.6 is 11.3 Å². The molecule has 2 saturated carbocycles. The zero-order valence-electron chi connectivity index (χ0n) is 38.2. The number of fused-ring (bicyclic) bond motifs is 5. The van der Waals surface area contributed by atoms with E-state index in [1.54, 1.807) is 7.11 Å². The van der Waals surface area contributed by atoms with Crippen molar-refractivity contribution in [1.82, 2.24) is 24.3 Å². The number of carbonyl (C=O) groups excluding carboxylic acids is 3. The molecular formula is C48H59F3N6O7S2. The summed E-state index contributed by atoms with van der Waals surface area (Å²) in [7, 11) is 0.0363. The third kappa shape index (κ3) is 11.2. The monoisotopic (exact) mass is 952 g/mol. The van der Waals surface area contributed by atoms with Gasteiger partial charge in [-0.25, -0.2) is 14.7 Å². The molecule has 7 rings (SSSR count). The van der Waals surface area contributed by atoms with E-state index in [1.165, 1.54) is 37.6 Å². The van der Waals surface area contributed by atoms with Crippen LogP contribution in [0.1, 0.15) is 107 Å². The minimum Gasteiger partial charge on any atom is -0.496 e. The van der Waals surface area contributed by atoms with Crippen LogP contribution in [0.4, 0.5) is 18.9 Å². The number of nitrogens with one attached hydrogen (secondary N) is 3. The molecule has 0 spiro atoms. The number of ether oxygens (including phenoxy) is 2. The van der Waals surface area contributed by atoms with Gasteiger partial charge in [0.15, 0.2) is 5.78 Å². The molecule has 2 aromatic heterocycles. The number of amides is 2. The summed E-state index contributed by atoms with van der Waals surface area (Å²) in [6.07, 6.45) is 3.32. The number of benzene rings is 2. The van der Waals surface area contributed by atoms with Gasteiger partial charge in [0.2, 0.25) is 5.91 Å². The van der Waals surface area contributed by atoms with Crippen molar-refractivity contribution in [2.24, 2.45) is 17.8 Å². The van der Waals surface area contributed by atoms with Crippen molar-refractivity contribution < 1.29 is 45.4 Å². The minimum atomic E-state index is -4.55. The SMILES string of the molecule is COc1ccc2c(O[C@H]3CC4CC[C@@H](C3)C(=O)N[C@]3(C(=O)NS(=O)(=O)N(C)C)CC3/C=C\CCCCC[C@H](Nc3cccc(C(F)(F)F)c3)C(=O)C4)cc(-c3nc(C(C)C)cs3)nc2c1C. The first kappa shape index (κ1) is 48.9. The quantitative estimate of drug-likeness (QED) is 0.130. The Morgan fingerprint density at radius 1 is 1.02 bits per heavy atom. The van der Waals surface area contributed by atoms with Crippen LogP contribution in [0.15, 0.2) is 60.0 Å². The lowest BCUT2D eigenvalue weighted by Gasteiger charge is -2.26. The number of anilines is 1. The second kappa shape index (κ2) is 20.0. The second-order valence-corrected chi connectivity index (χ2v) is 21.1. The molecule has 2 aromatic carbocycles. The number of rotatable bonds is 10. The van der Waals surface area contributed by atoms with Gasteiger partial charge in [-0.2, -0.15) is 25.9 Å². The average molecular weight is 953 g/mol. The molecule has 6 atom stereocenters. The van der Waals surface area contributed by atoms with Crippen molar-refractivity contribution >= 4 is 55.7 Å². The number of carbonyl (C=O) groups is 3. The van der Waals surface area contributed by atoms with Crippen molar-refractivity contribution in [3.8, 4) is 22.2 Å². The van der Waals surface area contributed by atoms with Crippen LogP contribution in [0.5, 0.6) is 11.5 Å². The van der Waals surface area contributed by atoms with E-state index in [0.29, 0.717) is 71.6 Å². The maximum Gasteiger partial charge on any atom is 0.416 e. The summed E-state index contributed by atoms with van der Waals surface area (Å²) < 4.78 is 82.7. The molecule has 13 nitrogen and oxygen atoms in total. The number of ketones is 1. The number of alkyl halides is 3.